The van der Waals surface area contributed by atoms with Gasteiger partial charge >= 0.3 is 17.9 Å². The maximum absolute atomic E-state index is 11.0. The average molecular weight is 471 g/mol. The molecule has 0 rings (SSSR count). The second kappa shape index (κ2) is 26.3. The number of rotatable bonds is 14. The van der Waals surface area contributed by atoms with Crippen LogP contribution in [0, 0.1) is 0 Å². The molecule has 0 heterocycles. The summed E-state index contributed by atoms with van der Waals surface area (Å²) in [6.07, 6.45) is -0.664. The fraction of sp³-hybridized carbons (Fsp3) is 0.700. The van der Waals surface area contributed by atoms with E-state index in [0.717, 1.165) is 0 Å². The van der Waals surface area contributed by atoms with Crippen LogP contribution >= 0.6 is 0 Å². The molecule has 12 nitrogen and oxygen atoms in total. The van der Waals surface area contributed by atoms with Crippen LogP contribution in [-0.4, -0.2) is 94.2 Å². The van der Waals surface area contributed by atoms with E-state index in [1.54, 1.807) is 0 Å². The Hall–Kier alpha value is -2.70. The van der Waals surface area contributed by atoms with Gasteiger partial charge in [0, 0.05) is 14.2 Å². The van der Waals surface area contributed by atoms with Gasteiger partial charge < -0.3 is 28.8 Å². The monoisotopic (exact) mass is 470 g/mol. The molecule has 0 saturated heterocycles. The highest BCUT2D eigenvalue weighted by Crippen LogP contribution is 1.91. The zero-order valence-corrected chi connectivity index (χ0v) is 16.6. The topological polar surface area (TPSA) is 169 Å². The number of hydrogen-bond donors (Lipinski definition) is 1. The van der Waals surface area contributed by atoms with Crippen LogP contribution in [0.4, 0.5) is 0 Å². The van der Waals surface area contributed by atoms with E-state index in [1.807, 2.05) is 0 Å². The summed E-state index contributed by atoms with van der Waals surface area (Å²) in [6, 6.07) is 0. The van der Waals surface area contributed by atoms with Gasteiger partial charge in [0.1, 0.15) is 32.0 Å². The molecule has 0 atom stereocenters. The molecule has 32 heavy (non-hydrogen) atoms. The van der Waals surface area contributed by atoms with Crippen molar-refractivity contribution >= 4 is 35.3 Å². The summed E-state index contributed by atoms with van der Waals surface area (Å²) in [5, 5.41) is 8.28. The van der Waals surface area contributed by atoms with Gasteiger partial charge in [0.05, 0.1) is 13.0 Å². The maximum atomic E-state index is 11.0. The lowest BCUT2D eigenvalue weighted by Crippen LogP contribution is -2.20. The van der Waals surface area contributed by atoms with Crippen molar-refractivity contribution in [1.29, 1.82) is 0 Å². The lowest BCUT2D eigenvalue weighted by molar-refractivity contribution is -0.154. The Kier molecular flexibility index (Phi) is 32.7. The number of methoxy groups -OCH3 is 2. The SMILES string of the molecule is C.C.C.COCC(=O)OCC(=O)CC(C)=O.COCCOC(=O)CC(=O)COC(=O)CO. The summed E-state index contributed by atoms with van der Waals surface area (Å²) >= 11 is 0. The van der Waals surface area contributed by atoms with Crippen LogP contribution in [0.5, 0.6) is 0 Å². The van der Waals surface area contributed by atoms with Gasteiger partial charge in [-0.1, -0.05) is 22.3 Å². The minimum Gasteiger partial charge on any atom is -0.463 e. The summed E-state index contributed by atoms with van der Waals surface area (Å²) < 4.78 is 22.5. The standard InChI is InChI=1S/C9H14O7.C8H12O5.3CH4/c1-14-2-3-15-8(12)4-7(11)6-16-9(13)5-10;1-6(9)3-7(10)4-13-8(11)5-12-2;;;/h10H,2-6H2,1H3;3-5H2,1-2H3;3*1H4. The fourth-order valence-electron chi connectivity index (χ4n) is 1.36. The van der Waals surface area contributed by atoms with E-state index in [2.05, 4.69) is 23.7 Å². The zero-order valence-electron chi connectivity index (χ0n) is 16.6. The van der Waals surface area contributed by atoms with Crippen molar-refractivity contribution in [3.63, 3.8) is 0 Å². The molecule has 0 aliphatic carbocycles. The molecule has 0 aromatic carbocycles. The summed E-state index contributed by atoms with van der Waals surface area (Å²) in [5.74, 6) is -3.48. The molecule has 0 unspecified atom stereocenters. The average Bonchev–Trinajstić information content (AvgIpc) is 2.65. The number of ketones is 3. The molecule has 0 aromatic heterocycles. The molecule has 0 bridgehead atoms. The quantitative estimate of drug-likeness (QED) is 0.160. The maximum Gasteiger partial charge on any atom is 0.332 e. The highest BCUT2D eigenvalue weighted by molar-refractivity contribution is 5.99. The molecule has 0 amide bonds. The Bertz CT molecular complexity index is 557. The number of ether oxygens (including phenoxy) is 5. The third-order valence-corrected chi connectivity index (χ3v) is 2.52. The molecule has 0 aliphatic rings. The first kappa shape index (κ1) is 39.7. The van der Waals surface area contributed by atoms with Gasteiger partial charge in [-0.3, -0.25) is 19.2 Å². The third kappa shape index (κ3) is 29.5. The van der Waals surface area contributed by atoms with Crippen LogP contribution < -0.4 is 0 Å². The van der Waals surface area contributed by atoms with E-state index in [9.17, 15) is 28.8 Å². The molecule has 0 radical (unpaired) electrons. The molecular weight excluding hydrogens is 432 g/mol. The van der Waals surface area contributed by atoms with Crippen molar-refractivity contribution in [3.8, 4) is 0 Å². The second-order valence-electron chi connectivity index (χ2n) is 5.26. The van der Waals surface area contributed by atoms with Gasteiger partial charge in [0.15, 0.2) is 24.8 Å². The first-order valence-electron chi connectivity index (χ1n) is 8.24. The Labute approximate surface area is 189 Å². The second-order valence-corrected chi connectivity index (χ2v) is 5.26. The molecule has 0 fully saturated rings. The minimum atomic E-state index is -0.916. The van der Waals surface area contributed by atoms with E-state index in [1.165, 1.54) is 21.1 Å². The highest BCUT2D eigenvalue weighted by atomic mass is 16.6. The highest BCUT2D eigenvalue weighted by Gasteiger charge is 2.12. The van der Waals surface area contributed by atoms with E-state index >= 15 is 0 Å². The Balaban J connectivity index is -0.000000141. The lowest BCUT2D eigenvalue weighted by atomic mass is 10.2. The summed E-state index contributed by atoms with van der Waals surface area (Å²) in [7, 11) is 2.80. The molecule has 0 aliphatic heterocycles. The minimum absolute atomic E-state index is 0. The number of carbonyl (C=O) groups excluding carboxylic acids is 6. The van der Waals surface area contributed by atoms with Crippen LogP contribution in [0.2, 0.25) is 0 Å². The van der Waals surface area contributed by atoms with E-state index in [4.69, 9.17) is 5.11 Å². The van der Waals surface area contributed by atoms with E-state index in [-0.39, 0.29) is 60.9 Å². The van der Waals surface area contributed by atoms with Crippen LogP contribution in [0.1, 0.15) is 42.0 Å². The van der Waals surface area contributed by atoms with Crippen molar-refractivity contribution in [1.82, 2.24) is 0 Å². The predicted molar refractivity (Wildman–Crippen MR) is 114 cm³/mol. The number of aliphatic hydroxyl groups is 1. The lowest BCUT2D eigenvalue weighted by Gasteiger charge is -2.04. The Morgan fingerprint density at radius 3 is 1.56 bits per heavy atom. The van der Waals surface area contributed by atoms with E-state index < -0.39 is 49.1 Å². The summed E-state index contributed by atoms with van der Waals surface area (Å²) in [6.45, 7) is -0.271. The number of aliphatic hydroxyl groups excluding tert-OH is 1. The van der Waals surface area contributed by atoms with Gasteiger partial charge in [0.25, 0.3) is 0 Å². The molecule has 1 N–H and O–H groups in total. The Morgan fingerprint density at radius 2 is 1.12 bits per heavy atom. The normalized spacial score (nSPS) is 8.62. The first-order valence-corrected chi connectivity index (χ1v) is 8.24. The van der Waals surface area contributed by atoms with Gasteiger partial charge in [-0.15, -0.1) is 0 Å². The van der Waals surface area contributed by atoms with Crippen molar-refractivity contribution in [2.24, 2.45) is 0 Å². The molecular formula is C20H38O12. The number of hydrogen-bond acceptors (Lipinski definition) is 12. The molecule has 12 heteroatoms. The smallest absolute Gasteiger partial charge is 0.332 e. The van der Waals surface area contributed by atoms with Crippen molar-refractivity contribution in [3.05, 3.63) is 0 Å². The predicted octanol–water partition coefficient (Wildman–Crippen LogP) is 0.303. The van der Waals surface area contributed by atoms with Crippen LogP contribution in [0.15, 0.2) is 0 Å². The van der Waals surface area contributed by atoms with Gasteiger partial charge in [-0.25, -0.2) is 9.59 Å². The summed E-state index contributed by atoms with van der Waals surface area (Å²) in [4.78, 5) is 64.3. The fourth-order valence-corrected chi connectivity index (χ4v) is 1.36. The van der Waals surface area contributed by atoms with Crippen molar-refractivity contribution < 1.29 is 57.6 Å². The van der Waals surface area contributed by atoms with Crippen LogP contribution in [0.25, 0.3) is 0 Å². The molecule has 0 spiro atoms. The van der Waals surface area contributed by atoms with Crippen molar-refractivity contribution in [2.45, 2.75) is 42.0 Å². The van der Waals surface area contributed by atoms with Crippen LogP contribution in [-0.2, 0) is 52.5 Å². The van der Waals surface area contributed by atoms with Gasteiger partial charge in [-0.2, -0.15) is 0 Å². The largest absolute Gasteiger partial charge is 0.463 e. The molecule has 190 valence electrons. The third-order valence-electron chi connectivity index (χ3n) is 2.52. The van der Waals surface area contributed by atoms with Crippen molar-refractivity contribution in [2.75, 3.05) is 53.9 Å². The Morgan fingerprint density at radius 1 is 0.625 bits per heavy atom. The summed E-state index contributed by atoms with van der Waals surface area (Å²) in [5.41, 5.74) is 0. The molecule has 0 saturated carbocycles. The molecule has 0 aromatic rings. The van der Waals surface area contributed by atoms with E-state index in [0.29, 0.717) is 0 Å². The van der Waals surface area contributed by atoms with Gasteiger partial charge in [0.2, 0.25) is 0 Å². The number of carbonyl (C=O) groups is 6. The zero-order chi connectivity index (χ0) is 22.7. The van der Waals surface area contributed by atoms with Crippen LogP contribution in [0.3, 0.4) is 0 Å². The number of esters is 3. The number of Topliss-reactive ketones (excluding diaryl/α,β-unsaturated/α-hetero) is 3. The van der Waals surface area contributed by atoms with Gasteiger partial charge in [-0.05, 0) is 6.92 Å². The first-order chi connectivity index (χ1) is 13.7.